The molecule has 2 rings (SSSR count). The molecule has 1 unspecified atom stereocenters. The van der Waals surface area contributed by atoms with Crippen LogP contribution in [0, 0.1) is 6.92 Å². The van der Waals surface area contributed by atoms with Crippen LogP contribution in [0.15, 0.2) is 42.5 Å². The van der Waals surface area contributed by atoms with Gasteiger partial charge in [0.25, 0.3) is 0 Å². The van der Waals surface area contributed by atoms with E-state index in [4.69, 9.17) is 9.47 Å². The molecule has 0 bridgehead atoms. The van der Waals surface area contributed by atoms with E-state index in [0.717, 1.165) is 21.7 Å². The van der Waals surface area contributed by atoms with E-state index in [9.17, 15) is 18.0 Å². The Hall–Kier alpha value is -3.27. The van der Waals surface area contributed by atoms with Gasteiger partial charge >= 0.3 is 0 Å². The topological polar surface area (TPSA) is 105 Å². The molecule has 0 fully saturated rings. The lowest BCUT2D eigenvalue weighted by atomic mass is 10.1. The molecule has 0 spiro atoms. The molecule has 0 aliphatic heterocycles. The van der Waals surface area contributed by atoms with Crippen LogP contribution in [0.3, 0.4) is 0 Å². The van der Waals surface area contributed by atoms with E-state index < -0.39 is 34.1 Å². The predicted octanol–water partition coefficient (Wildman–Crippen LogP) is 3.11. The number of rotatable bonds is 10. The van der Waals surface area contributed by atoms with Gasteiger partial charge in [-0.1, -0.05) is 18.2 Å². The van der Waals surface area contributed by atoms with Gasteiger partial charge in [0.2, 0.25) is 21.8 Å². The van der Waals surface area contributed by atoms with Crippen LogP contribution in [0.25, 0.3) is 0 Å². The van der Waals surface area contributed by atoms with E-state index in [1.54, 1.807) is 50.4 Å². The number of aryl methyl sites for hydroxylation is 1. The highest BCUT2D eigenvalue weighted by atomic mass is 32.2. The van der Waals surface area contributed by atoms with Crippen LogP contribution in [-0.4, -0.2) is 63.7 Å². The third-order valence-corrected chi connectivity index (χ3v) is 6.56. The highest BCUT2D eigenvalue weighted by Gasteiger charge is 2.32. The van der Waals surface area contributed by atoms with Gasteiger partial charge in [0.05, 0.1) is 26.2 Å². The first-order valence-electron chi connectivity index (χ1n) is 11.5. The zero-order valence-corrected chi connectivity index (χ0v) is 23.1. The minimum Gasteiger partial charge on any atom is -0.497 e. The fraction of sp³-hybridized carbons (Fsp3) is 0.462. The Labute approximate surface area is 214 Å². The third-order valence-electron chi connectivity index (χ3n) is 5.43. The van der Waals surface area contributed by atoms with Crippen LogP contribution < -0.4 is 19.1 Å². The average molecular weight is 520 g/mol. The zero-order chi connectivity index (χ0) is 27.3. The molecular weight excluding hydrogens is 482 g/mol. The maximum atomic E-state index is 13.7. The van der Waals surface area contributed by atoms with E-state index in [-0.39, 0.29) is 18.1 Å². The van der Waals surface area contributed by atoms with Gasteiger partial charge in [-0.15, -0.1) is 0 Å². The normalized spacial score (nSPS) is 12.4. The second-order valence-corrected chi connectivity index (χ2v) is 11.6. The Morgan fingerprint density at radius 3 is 2.28 bits per heavy atom. The molecule has 9 nitrogen and oxygen atoms in total. The van der Waals surface area contributed by atoms with Crippen LogP contribution >= 0.6 is 0 Å². The molecular formula is C26H37N3O6S. The van der Waals surface area contributed by atoms with Crippen LogP contribution in [0.2, 0.25) is 0 Å². The van der Waals surface area contributed by atoms with E-state index in [0.29, 0.717) is 11.5 Å². The van der Waals surface area contributed by atoms with Gasteiger partial charge in [-0.3, -0.25) is 13.9 Å². The van der Waals surface area contributed by atoms with Crippen molar-refractivity contribution in [2.45, 2.75) is 52.7 Å². The van der Waals surface area contributed by atoms with Gasteiger partial charge in [0, 0.05) is 12.1 Å². The zero-order valence-electron chi connectivity index (χ0n) is 22.3. The summed E-state index contributed by atoms with van der Waals surface area (Å²) < 4.78 is 37.3. The lowest BCUT2D eigenvalue weighted by molar-refractivity contribution is -0.140. The maximum absolute atomic E-state index is 13.7. The van der Waals surface area contributed by atoms with Crippen LogP contribution in [0.5, 0.6) is 11.5 Å². The number of carbonyl (C=O) groups is 2. The second-order valence-electron chi connectivity index (χ2n) is 9.73. The van der Waals surface area contributed by atoms with Crippen LogP contribution in [0.1, 0.15) is 38.8 Å². The predicted molar refractivity (Wildman–Crippen MR) is 141 cm³/mol. The van der Waals surface area contributed by atoms with E-state index in [1.807, 2.05) is 33.8 Å². The number of benzene rings is 2. The van der Waals surface area contributed by atoms with Crippen molar-refractivity contribution in [3.63, 3.8) is 0 Å². The quantitative estimate of drug-likeness (QED) is 0.517. The van der Waals surface area contributed by atoms with Gasteiger partial charge in [0.1, 0.15) is 24.1 Å². The molecule has 2 aromatic carbocycles. The summed E-state index contributed by atoms with van der Waals surface area (Å²) in [6.45, 7) is 8.56. The summed E-state index contributed by atoms with van der Waals surface area (Å²) in [7, 11) is -0.892. The lowest BCUT2D eigenvalue weighted by Gasteiger charge is -2.33. The number of ether oxygens (including phenoxy) is 2. The molecule has 0 aliphatic carbocycles. The largest absolute Gasteiger partial charge is 0.497 e. The average Bonchev–Trinajstić information content (AvgIpc) is 2.78. The molecule has 1 N–H and O–H groups in total. The lowest BCUT2D eigenvalue weighted by Crippen LogP contribution is -2.54. The van der Waals surface area contributed by atoms with E-state index >= 15 is 0 Å². The van der Waals surface area contributed by atoms with Gasteiger partial charge in [-0.25, -0.2) is 8.42 Å². The SMILES string of the molecule is COc1cccc(CN(C(=O)CN(c2cc(C)ccc2OC)S(C)(=O)=O)C(C)C(=O)NC(C)(C)C)c1. The molecule has 0 aliphatic rings. The summed E-state index contributed by atoms with van der Waals surface area (Å²) in [6.07, 6.45) is 1.03. The Bertz CT molecular complexity index is 1190. The van der Waals surface area contributed by atoms with Crippen molar-refractivity contribution >= 4 is 27.5 Å². The Balaban J connectivity index is 2.49. The van der Waals surface area contributed by atoms with E-state index in [1.165, 1.54) is 12.0 Å². The molecule has 10 heteroatoms. The molecule has 36 heavy (non-hydrogen) atoms. The number of nitrogens with one attached hydrogen (secondary N) is 1. The monoisotopic (exact) mass is 519 g/mol. The molecule has 0 radical (unpaired) electrons. The standard InChI is InChI=1S/C26H37N3O6S/c1-18-12-13-23(35-7)22(14-18)29(36(8,32)33)17-24(30)28(19(2)25(31)27-26(3,4)5)16-20-10-9-11-21(15-20)34-6/h9-15,19H,16-17H2,1-8H3,(H,27,31). The minimum atomic E-state index is -3.87. The summed E-state index contributed by atoms with van der Waals surface area (Å²) >= 11 is 0. The summed E-state index contributed by atoms with van der Waals surface area (Å²) in [4.78, 5) is 28.1. The van der Waals surface area contributed by atoms with Crippen molar-refractivity contribution in [3.8, 4) is 11.5 Å². The van der Waals surface area contributed by atoms with Gasteiger partial charge in [0.15, 0.2) is 0 Å². The van der Waals surface area contributed by atoms with Gasteiger partial charge in [-0.2, -0.15) is 0 Å². The van der Waals surface area contributed by atoms with Crippen molar-refractivity contribution in [3.05, 3.63) is 53.6 Å². The summed E-state index contributed by atoms with van der Waals surface area (Å²) in [5, 5.41) is 2.89. The van der Waals surface area contributed by atoms with Crippen molar-refractivity contribution in [2.75, 3.05) is 31.3 Å². The van der Waals surface area contributed by atoms with E-state index in [2.05, 4.69) is 5.32 Å². The fourth-order valence-corrected chi connectivity index (χ4v) is 4.46. The number of hydrogen-bond donors (Lipinski definition) is 1. The van der Waals surface area contributed by atoms with Crippen molar-refractivity contribution in [2.24, 2.45) is 0 Å². The molecule has 198 valence electrons. The first kappa shape index (κ1) is 29.0. The number of methoxy groups -OCH3 is 2. The number of anilines is 1. The molecule has 0 saturated heterocycles. The second kappa shape index (κ2) is 11.6. The minimum absolute atomic E-state index is 0.0807. The fourth-order valence-electron chi connectivity index (χ4n) is 3.61. The van der Waals surface area contributed by atoms with Crippen LogP contribution in [-0.2, 0) is 26.2 Å². The summed E-state index contributed by atoms with van der Waals surface area (Å²) in [6, 6.07) is 11.4. The highest BCUT2D eigenvalue weighted by molar-refractivity contribution is 7.92. The number of sulfonamides is 1. The number of nitrogens with zero attached hydrogens (tertiary/aromatic N) is 2. The van der Waals surface area contributed by atoms with Crippen molar-refractivity contribution in [1.29, 1.82) is 0 Å². The van der Waals surface area contributed by atoms with Crippen molar-refractivity contribution in [1.82, 2.24) is 10.2 Å². The molecule has 0 heterocycles. The summed E-state index contributed by atoms with van der Waals surface area (Å²) in [5.41, 5.74) is 1.28. The van der Waals surface area contributed by atoms with Gasteiger partial charge in [-0.05, 0) is 70.0 Å². The van der Waals surface area contributed by atoms with Crippen molar-refractivity contribution < 1.29 is 27.5 Å². The molecule has 0 aromatic heterocycles. The Morgan fingerprint density at radius 2 is 1.72 bits per heavy atom. The smallest absolute Gasteiger partial charge is 0.244 e. The molecule has 1 atom stereocenters. The first-order valence-corrected chi connectivity index (χ1v) is 13.4. The summed E-state index contributed by atoms with van der Waals surface area (Å²) in [5.74, 6) is 0.0341. The molecule has 0 saturated carbocycles. The number of carbonyl (C=O) groups excluding carboxylic acids is 2. The third kappa shape index (κ3) is 7.87. The number of hydrogen-bond acceptors (Lipinski definition) is 6. The molecule has 2 amide bonds. The van der Waals surface area contributed by atoms with Crippen LogP contribution in [0.4, 0.5) is 5.69 Å². The molecule has 2 aromatic rings. The Kier molecular flexibility index (Phi) is 9.37. The Morgan fingerprint density at radius 1 is 1.06 bits per heavy atom. The first-order chi connectivity index (χ1) is 16.7. The number of amides is 2. The highest BCUT2D eigenvalue weighted by Crippen LogP contribution is 2.31. The van der Waals surface area contributed by atoms with Gasteiger partial charge < -0.3 is 19.7 Å². The maximum Gasteiger partial charge on any atom is 0.244 e.